The van der Waals surface area contributed by atoms with Crippen LogP contribution in [0.1, 0.15) is 18.1 Å². The molecule has 3 rings (SSSR count). The van der Waals surface area contributed by atoms with Gasteiger partial charge in [0.1, 0.15) is 22.6 Å². The zero-order valence-electron chi connectivity index (χ0n) is 16.3. The number of rotatable bonds is 6. The van der Waals surface area contributed by atoms with Gasteiger partial charge in [0.05, 0.1) is 31.1 Å². The Hall–Kier alpha value is -2.92. The summed E-state index contributed by atoms with van der Waals surface area (Å²) in [7, 11) is 1.58. The Balaban J connectivity index is 1.91. The van der Waals surface area contributed by atoms with Gasteiger partial charge in [-0.1, -0.05) is 35.3 Å². The summed E-state index contributed by atoms with van der Waals surface area (Å²) in [6.07, 6.45) is -0.986. The first-order valence-electron chi connectivity index (χ1n) is 8.99. The minimum atomic E-state index is -0.986. The summed E-state index contributed by atoms with van der Waals surface area (Å²) in [4.78, 5) is 14.7. The third-order valence-corrected chi connectivity index (χ3v) is 5.08. The molecule has 0 radical (unpaired) electrons. The maximum Gasteiger partial charge on any atom is 0.293 e. The predicted molar refractivity (Wildman–Crippen MR) is 112 cm³/mol. The van der Waals surface area contributed by atoms with Crippen molar-refractivity contribution < 1.29 is 19.4 Å². The second kappa shape index (κ2) is 9.26. The first kappa shape index (κ1) is 21.8. The summed E-state index contributed by atoms with van der Waals surface area (Å²) < 4.78 is 10.9. The number of hydrogen-bond acceptors (Lipinski definition) is 6. The summed E-state index contributed by atoms with van der Waals surface area (Å²) in [5, 5.41) is 22.6. The number of carbonyl (C=O) groups is 1. The van der Waals surface area contributed by atoms with Gasteiger partial charge in [0.25, 0.3) is 5.91 Å². The molecule has 1 aliphatic rings. The van der Waals surface area contributed by atoms with Crippen molar-refractivity contribution in [3.05, 3.63) is 69.0 Å². The Bertz CT molecular complexity index is 1030. The van der Waals surface area contributed by atoms with E-state index in [1.54, 1.807) is 19.2 Å². The van der Waals surface area contributed by atoms with Crippen LogP contribution in [0, 0.1) is 11.3 Å². The highest BCUT2D eigenvalue weighted by molar-refractivity contribution is 6.35. The van der Waals surface area contributed by atoms with Gasteiger partial charge in [-0.15, -0.1) is 0 Å². The van der Waals surface area contributed by atoms with E-state index in [1.807, 2.05) is 18.2 Å². The molecule has 1 aliphatic heterocycles. The molecule has 9 heteroatoms. The van der Waals surface area contributed by atoms with Crippen LogP contribution in [0.4, 0.5) is 0 Å². The number of ether oxygens (including phenoxy) is 2. The summed E-state index contributed by atoms with van der Waals surface area (Å²) in [6.45, 7) is 2.01. The number of methoxy groups -OCH3 is 1. The monoisotopic (exact) mass is 447 g/mol. The van der Waals surface area contributed by atoms with E-state index in [2.05, 4.69) is 5.32 Å². The van der Waals surface area contributed by atoms with Crippen molar-refractivity contribution in [3.63, 3.8) is 0 Å². The number of aliphatic hydroxyl groups is 1. The molecule has 2 N–H and O–H groups in total. The van der Waals surface area contributed by atoms with Crippen LogP contribution in [-0.4, -0.2) is 35.8 Å². The van der Waals surface area contributed by atoms with E-state index in [0.717, 1.165) is 5.56 Å². The molecule has 0 saturated heterocycles. The number of amides is 1. The highest BCUT2D eigenvalue weighted by Gasteiger charge is 2.32. The molecule has 0 aliphatic carbocycles. The third kappa shape index (κ3) is 4.62. The van der Waals surface area contributed by atoms with Gasteiger partial charge in [-0.05, 0) is 30.7 Å². The summed E-state index contributed by atoms with van der Waals surface area (Å²) >= 11 is 12.3. The normalized spacial score (nSPS) is 14.8. The van der Waals surface area contributed by atoms with Gasteiger partial charge < -0.3 is 24.8 Å². The second-order valence-corrected chi connectivity index (χ2v) is 7.40. The summed E-state index contributed by atoms with van der Waals surface area (Å²) in [5.41, 5.74) is 1.23. The van der Waals surface area contributed by atoms with Crippen LogP contribution < -0.4 is 14.8 Å². The van der Waals surface area contributed by atoms with Crippen LogP contribution in [0.3, 0.4) is 0 Å². The fraction of sp³-hybridized carbons (Fsp3) is 0.238. The smallest absolute Gasteiger partial charge is 0.293 e. The van der Waals surface area contributed by atoms with Gasteiger partial charge in [0, 0.05) is 17.6 Å². The van der Waals surface area contributed by atoms with Gasteiger partial charge in [0.15, 0.2) is 0 Å². The van der Waals surface area contributed by atoms with E-state index in [9.17, 15) is 15.2 Å². The molecule has 1 amide bonds. The lowest BCUT2D eigenvalue weighted by atomic mass is 10.1. The molecule has 30 heavy (non-hydrogen) atoms. The Morgan fingerprint density at radius 2 is 2.00 bits per heavy atom. The van der Waals surface area contributed by atoms with E-state index >= 15 is 0 Å². The van der Waals surface area contributed by atoms with Gasteiger partial charge in [-0.2, -0.15) is 5.26 Å². The zero-order chi connectivity index (χ0) is 21.8. The fourth-order valence-corrected chi connectivity index (χ4v) is 3.33. The highest BCUT2D eigenvalue weighted by Crippen LogP contribution is 2.34. The van der Waals surface area contributed by atoms with Crippen molar-refractivity contribution in [3.8, 4) is 17.6 Å². The quantitative estimate of drug-likeness (QED) is 0.703. The maximum atomic E-state index is 13.1. The zero-order valence-corrected chi connectivity index (χ0v) is 17.8. The van der Waals surface area contributed by atoms with Crippen LogP contribution >= 0.6 is 23.2 Å². The molecule has 0 saturated carbocycles. The number of benzene rings is 2. The molecule has 0 bridgehead atoms. The molecule has 1 atom stereocenters. The minimum absolute atomic E-state index is 0.0272. The molecule has 1 heterocycles. The van der Waals surface area contributed by atoms with Crippen molar-refractivity contribution in [1.82, 2.24) is 10.2 Å². The van der Waals surface area contributed by atoms with Crippen molar-refractivity contribution >= 4 is 29.1 Å². The van der Waals surface area contributed by atoms with Crippen LogP contribution in [0.15, 0.2) is 47.9 Å². The molecule has 0 aromatic heterocycles. The average Bonchev–Trinajstić information content (AvgIpc) is 2.73. The summed E-state index contributed by atoms with van der Waals surface area (Å²) in [6, 6.07) is 12.1. The minimum Gasteiger partial charge on any atom is -0.497 e. The molecular formula is C21H19Cl2N3O4. The number of halogens is 2. The van der Waals surface area contributed by atoms with Gasteiger partial charge in [0.2, 0.25) is 5.76 Å². The molecule has 0 spiro atoms. The van der Waals surface area contributed by atoms with E-state index in [-0.39, 0.29) is 39.5 Å². The van der Waals surface area contributed by atoms with Crippen LogP contribution in [0.25, 0.3) is 0 Å². The Morgan fingerprint density at radius 3 is 2.60 bits per heavy atom. The first-order chi connectivity index (χ1) is 14.3. The molecular weight excluding hydrogens is 429 g/mol. The molecule has 1 unspecified atom stereocenters. The van der Waals surface area contributed by atoms with Crippen LogP contribution in [0.5, 0.6) is 11.5 Å². The topological polar surface area (TPSA) is 94.8 Å². The van der Waals surface area contributed by atoms with Crippen molar-refractivity contribution in [2.75, 3.05) is 13.8 Å². The number of nitrogens with one attached hydrogen (secondary N) is 1. The Kier molecular flexibility index (Phi) is 6.73. The third-order valence-electron chi connectivity index (χ3n) is 4.47. The van der Waals surface area contributed by atoms with Crippen molar-refractivity contribution in [2.45, 2.75) is 19.6 Å². The Labute approximate surface area is 184 Å². The van der Waals surface area contributed by atoms with Crippen LogP contribution in [-0.2, 0) is 11.3 Å². The second-order valence-electron chi connectivity index (χ2n) is 6.58. The van der Waals surface area contributed by atoms with Crippen LogP contribution in [0.2, 0.25) is 10.0 Å². The van der Waals surface area contributed by atoms with E-state index < -0.39 is 12.0 Å². The number of nitriles is 1. The summed E-state index contributed by atoms with van der Waals surface area (Å²) in [5.74, 6) is 0.217. The number of hydrogen-bond donors (Lipinski definition) is 2. The predicted octanol–water partition coefficient (Wildman–Crippen LogP) is 3.43. The lowest BCUT2D eigenvalue weighted by molar-refractivity contribution is -0.131. The van der Waals surface area contributed by atoms with E-state index in [1.165, 1.54) is 24.0 Å². The molecule has 156 valence electrons. The average molecular weight is 448 g/mol. The lowest BCUT2D eigenvalue weighted by Crippen LogP contribution is -2.47. The fourth-order valence-electron chi connectivity index (χ4n) is 2.94. The molecule has 2 aromatic rings. The van der Waals surface area contributed by atoms with Gasteiger partial charge >= 0.3 is 0 Å². The number of nitrogens with zero attached hydrogens (tertiary/aromatic N) is 2. The van der Waals surface area contributed by atoms with Gasteiger partial charge in [-0.3, -0.25) is 4.79 Å². The number of carbonyl (C=O) groups excluding carboxylic acids is 1. The lowest BCUT2D eigenvalue weighted by Gasteiger charge is -2.32. The standard InChI is InChI=1S/C21H19Cl2N3O4/c1-12(27)19-20(30-17-8-15(22)7-14(9-24)18(17)23)21(28)26(11-25-19)10-13-3-5-16(29-2)6-4-13/h3-8,12,25,27H,10-11H2,1-2H3. The van der Waals surface area contributed by atoms with Crippen molar-refractivity contribution in [2.24, 2.45) is 0 Å². The Morgan fingerprint density at radius 1 is 1.30 bits per heavy atom. The number of aliphatic hydroxyl groups excluding tert-OH is 1. The highest BCUT2D eigenvalue weighted by atomic mass is 35.5. The van der Waals surface area contributed by atoms with Crippen molar-refractivity contribution in [1.29, 1.82) is 5.26 Å². The van der Waals surface area contributed by atoms with Gasteiger partial charge in [-0.25, -0.2) is 0 Å². The largest absolute Gasteiger partial charge is 0.497 e. The molecule has 0 fully saturated rings. The SMILES string of the molecule is COc1ccc(CN2CNC(C(C)O)=C(Oc3cc(Cl)cc(C#N)c3Cl)C2=O)cc1. The molecule has 2 aromatic carbocycles. The maximum absolute atomic E-state index is 13.1. The molecule has 7 nitrogen and oxygen atoms in total. The first-order valence-corrected chi connectivity index (χ1v) is 9.75. The van der Waals surface area contributed by atoms with E-state index in [4.69, 9.17) is 32.7 Å². The van der Waals surface area contributed by atoms with E-state index in [0.29, 0.717) is 12.3 Å².